The van der Waals surface area contributed by atoms with Gasteiger partial charge in [0.2, 0.25) is 5.91 Å². The lowest BCUT2D eigenvalue weighted by Gasteiger charge is -2.34. The van der Waals surface area contributed by atoms with E-state index in [4.69, 9.17) is 5.73 Å². The summed E-state index contributed by atoms with van der Waals surface area (Å²) in [5, 5.41) is 0. The van der Waals surface area contributed by atoms with Gasteiger partial charge in [0.25, 0.3) is 0 Å². The van der Waals surface area contributed by atoms with Crippen molar-refractivity contribution in [2.75, 3.05) is 6.54 Å². The van der Waals surface area contributed by atoms with Crippen molar-refractivity contribution in [2.24, 2.45) is 5.73 Å². The van der Waals surface area contributed by atoms with Crippen LogP contribution in [0.2, 0.25) is 0 Å². The van der Waals surface area contributed by atoms with Gasteiger partial charge in [-0.15, -0.1) is 0 Å². The average molecular weight is 343 g/mol. The Hall–Kier alpha value is -0.940. The van der Waals surface area contributed by atoms with Crippen molar-refractivity contribution < 1.29 is 9.18 Å². The van der Waals surface area contributed by atoms with Crippen LogP contribution < -0.4 is 5.73 Å². The molecule has 0 bridgehead atoms. The molecule has 0 radical (unpaired) electrons. The molecule has 2 N–H and O–H groups in total. The van der Waals surface area contributed by atoms with Crippen LogP contribution in [0.1, 0.15) is 44.2 Å². The van der Waals surface area contributed by atoms with Gasteiger partial charge in [-0.25, -0.2) is 4.39 Å². The number of nitrogens with two attached hydrogens (primary N) is 1. The van der Waals surface area contributed by atoms with E-state index < -0.39 is 0 Å². The molecule has 1 aliphatic heterocycles. The lowest BCUT2D eigenvalue weighted by molar-refractivity contribution is -0.133. The summed E-state index contributed by atoms with van der Waals surface area (Å²) >= 11 is 3.26. The molecule has 1 amide bonds. The summed E-state index contributed by atoms with van der Waals surface area (Å²) in [6.07, 6.45) is 2.86. The van der Waals surface area contributed by atoms with E-state index in [2.05, 4.69) is 15.9 Å². The fourth-order valence-corrected chi connectivity index (χ4v) is 3.15. The molecule has 0 spiro atoms. The number of hydrogen-bond donors (Lipinski definition) is 1. The third kappa shape index (κ3) is 3.20. The maximum absolute atomic E-state index is 14.3. The summed E-state index contributed by atoms with van der Waals surface area (Å²) < 4.78 is 14.9. The van der Waals surface area contributed by atoms with Crippen molar-refractivity contribution in [1.82, 2.24) is 4.90 Å². The minimum Gasteiger partial charge on any atom is -0.334 e. The summed E-state index contributed by atoms with van der Waals surface area (Å²) in [6.45, 7) is 2.63. The zero-order valence-electron chi connectivity index (χ0n) is 11.6. The van der Waals surface area contributed by atoms with E-state index in [9.17, 15) is 9.18 Å². The Kier molecular flexibility index (Phi) is 5.16. The highest BCUT2D eigenvalue weighted by Crippen LogP contribution is 2.32. The quantitative estimate of drug-likeness (QED) is 0.915. The number of benzene rings is 1. The van der Waals surface area contributed by atoms with Gasteiger partial charge in [-0.3, -0.25) is 4.79 Å². The second-order valence-electron chi connectivity index (χ2n) is 5.25. The van der Waals surface area contributed by atoms with Crippen molar-refractivity contribution in [3.63, 3.8) is 0 Å². The molecule has 110 valence electrons. The fraction of sp³-hybridized carbons (Fsp3) is 0.533. The minimum atomic E-state index is -0.363. The number of carbonyl (C=O) groups excluding carboxylic acids is 1. The van der Waals surface area contributed by atoms with E-state index in [-0.39, 0.29) is 23.8 Å². The third-order valence-electron chi connectivity index (χ3n) is 3.74. The number of amides is 1. The first-order valence-corrected chi connectivity index (χ1v) is 7.84. The van der Waals surface area contributed by atoms with Crippen molar-refractivity contribution in [1.29, 1.82) is 0 Å². The molecule has 2 unspecified atom stereocenters. The van der Waals surface area contributed by atoms with Gasteiger partial charge in [-0.2, -0.15) is 0 Å². The predicted molar refractivity (Wildman–Crippen MR) is 80.7 cm³/mol. The molecule has 1 heterocycles. The van der Waals surface area contributed by atoms with E-state index in [1.165, 1.54) is 6.07 Å². The molecule has 20 heavy (non-hydrogen) atoms. The molecule has 1 aromatic rings. The predicted octanol–water partition coefficient (Wildman–Crippen LogP) is 3.38. The molecule has 1 aromatic carbocycles. The highest BCUT2D eigenvalue weighted by atomic mass is 79.9. The van der Waals surface area contributed by atoms with Crippen LogP contribution >= 0.6 is 15.9 Å². The number of rotatable bonds is 3. The van der Waals surface area contributed by atoms with Crippen LogP contribution in [0, 0.1) is 5.82 Å². The maximum atomic E-state index is 14.3. The molecule has 1 aliphatic rings. The highest BCUT2D eigenvalue weighted by molar-refractivity contribution is 9.10. The number of nitrogens with zero attached hydrogens (tertiary/aromatic N) is 1. The zero-order chi connectivity index (χ0) is 14.7. The molecule has 3 nitrogen and oxygen atoms in total. The number of hydrogen-bond acceptors (Lipinski definition) is 2. The smallest absolute Gasteiger partial charge is 0.223 e. The van der Waals surface area contributed by atoms with Crippen LogP contribution in [-0.2, 0) is 4.79 Å². The molecule has 0 aromatic heterocycles. The molecule has 1 fully saturated rings. The minimum absolute atomic E-state index is 0.0760. The van der Waals surface area contributed by atoms with Crippen molar-refractivity contribution in [2.45, 2.75) is 44.7 Å². The molecule has 1 saturated heterocycles. The number of carbonyl (C=O) groups is 1. The van der Waals surface area contributed by atoms with E-state index in [1.807, 2.05) is 6.92 Å². The van der Waals surface area contributed by atoms with Crippen LogP contribution in [0.15, 0.2) is 22.7 Å². The van der Waals surface area contributed by atoms with Crippen LogP contribution in [0.25, 0.3) is 0 Å². The van der Waals surface area contributed by atoms with Crippen molar-refractivity contribution in [3.8, 4) is 0 Å². The summed E-state index contributed by atoms with van der Waals surface area (Å²) in [5.74, 6) is -0.234. The van der Waals surface area contributed by atoms with Crippen molar-refractivity contribution >= 4 is 21.8 Å². The molecular formula is C15H20BrFN2O. The van der Waals surface area contributed by atoms with Gasteiger partial charge in [0, 0.05) is 29.0 Å². The Morgan fingerprint density at radius 3 is 2.90 bits per heavy atom. The second-order valence-corrected chi connectivity index (χ2v) is 6.17. The number of likely N-dealkylation sites (tertiary alicyclic amines) is 1. The van der Waals surface area contributed by atoms with Crippen LogP contribution in [0.5, 0.6) is 0 Å². The first-order chi connectivity index (χ1) is 9.54. The van der Waals surface area contributed by atoms with Crippen molar-refractivity contribution in [3.05, 3.63) is 34.1 Å². The van der Waals surface area contributed by atoms with Gasteiger partial charge in [0.05, 0.1) is 6.04 Å². The van der Waals surface area contributed by atoms with Crippen LogP contribution in [-0.4, -0.2) is 23.4 Å². The van der Waals surface area contributed by atoms with Gasteiger partial charge in [0.1, 0.15) is 5.82 Å². The van der Waals surface area contributed by atoms with Crippen LogP contribution in [0.4, 0.5) is 4.39 Å². The molecule has 0 saturated carbocycles. The van der Waals surface area contributed by atoms with E-state index >= 15 is 0 Å². The summed E-state index contributed by atoms with van der Waals surface area (Å²) in [4.78, 5) is 14.0. The summed E-state index contributed by atoms with van der Waals surface area (Å²) in [6, 6.07) is 4.37. The highest BCUT2D eigenvalue weighted by Gasteiger charge is 2.33. The Morgan fingerprint density at radius 2 is 2.25 bits per heavy atom. The van der Waals surface area contributed by atoms with Crippen LogP contribution in [0.3, 0.4) is 0 Å². The Balaban J connectivity index is 2.42. The average Bonchev–Trinajstić information content (AvgIpc) is 2.52. The van der Waals surface area contributed by atoms with Gasteiger partial charge >= 0.3 is 0 Å². The van der Waals surface area contributed by atoms with E-state index in [0.29, 0.717) is 23.0 Å². The van der Waals surface area contributed by atoms with E-state index in [1.54, 1.807) is 17.0 Å². The second kappa shape index (κ2) is 6.68. The maximum Gasteiger partial charge on any atom is 0.223 e. The molecule has 2 atom stereocenters. The monoisotopic (exact) mass is 342 g/mol. The lowest BCUT2D eigenvalue weighted by atomic mass is 9.95. The first kappa shape index (κ1) is 15.4. The lowest BCUT2D eigenvalue weighted by Crippen LogP contribution is -2.43. The Labute approximate surface area is 127 Å². The van der Waals surface area contributed by atoms with Gasteiger partial charge in [0.15, 0.2) is 0 Å². The molecule has 2 rings (SSSR count). The zero-order valence-corrected chi connectivity index (χ0v) is 13.2. The van der Waals surface area contributed by atoms with E-state index in [0.717, 1.165) is 19.3 Å². The molecule has 5 heteroatoms. The Morgan fingerprint density at radius 1 is 1.50 bits per heavy atom. The fourth-order valence-electron chi connectivity index (χ4n) is 2.82. The van der Waals surface area contributed by atoms with Gasteiger partial charge in [-0.1, -0.05) is 28.9 Å². The number of halogens is 2. The molecular weight excluding hydrogens is 323 g/mol. The normalized spacial score (nSPS) is 23.8. The topological polar surface area (TPSA) is 46.3 Å². The standard InChI is InChI=1S/C15H20BrFN2O/c1-2-8-19-14(20)5-3-4-13(18)15(19)11-7-6-10(16)9-12(11)17/h6-7,9,13,15H,2-5,8,18H2,1H3. The Bertz CT molecular complexity index is 495. The summed E-state index contributed by atoms with van der Waals surface area (Å²) in [7, 11) is 0. The largest absolute Gasteiger partial charge is 0.334 e. The third-order valence-corrected chi connectivity index (χ3v) is 4.23. The summed E-state index contributed by atoms with van der Waals surface area (Å²) in [5.41, 5.74) is 6.75. The SMILES string of the molecule is CCCN1C(=O)CCCC(N)C1c1ccc(Br)cc1F. The first-order valence-electron chi connectivity index (χ1n) is 7.04. The molecule has 0 aliphatic carbocycles. The van der Waals surface area contributed by atoms with Gasteiger partial charge in [-0.05, 0) is 31.4 Å². The van der Waals surface area contributed by atoms with Gasteiger partial charge < -0.3 is 10.6 Å².